The molecule has 22 heavy (non-hydrogen) atoms. The normalized spacial score (nSPS) is 56.0. The first-order valence-corrected chi connectivity index (χ1v) is 8.09. The minimum Gasteiger partial charge on any atom is -0.203 e. The van der Waals surface area contributed by atoms with Crippen LogP contribution in [0.4, 0.5) is 17.6 Å². The number of rotatable bonds is 0. The molecule has 0 aliphatic heterocycles. The van der Waals surface area contributed by atoms with E-state index in [1.807, 2.05) is 0 Å². The van der Waals surface area contributed by atoms with Gasteiger partial charge in [-0.1, -0.05) is 12.2 Å². The fourth-order valence-electron chi connectivity index (χ4n) is 8.60. The summed E-state index contributed by atoms with van der Waals surface area (Å²) < 4.78 is 56.5. The van der Waals surface area contributed by atoms with Gasteiger partial charge < -0.3 is 0 Å². The lowest BCUT2D eigenvalue weighted by Gasteiger charge is -3.03. The molecular formula is C18H12F4. The molecule has 7 aliphatic carbocycles. The zero-order valence-electron chi connectivity index (χ0n) is 11.5. The molecule has 8 atom stereocenters. The van der Waals surface area contributed by atoms with Gasteiger partial charge in [0.05, 0.1) is 0 Å². The summed E-state index contributed by atoms with van der Waals surface area (Å²) in [6.07, 6.45) is 6.12. The quantitative estimate of drug-likeness (QED) is 0.291. The first-order chi connectivity index (χ1) is 10.6. The van der Waals surface area contributed by atoms with Gasteiger partial charge in [0.2, 0.25) is 0 Å². The summed E-state index contributed by atoms with van der Waals surface area (Å²) >= 11 is 0. The van der Waals surface area contributed by atoms with Gasteiger partial charge in [0.15, 0.2) is 23.3 Å². The molecule has 0 heterocycles. The van der Waals surface area contributed by atoms with Crippen molar-refractivity contribution in [1.29, 1.82) is 0 Å². The van der Waals surface area contributed by atoms with Crippen molar-refractivity contribution in [3.63, 3.8) is 0 Å². The van der Waals surface area contributed by atoms with Gasteiger partial charge in [0, 0.05) is 11.1 Å². The standard InChI is InChI=1S/C18H12F4/c19-13-7-8(14(20)16(22)15(13)21)10-6-5-9(7)17-3-1-2-4-18(10,17)12(6)11(5)17/h1-2,5-6,9-12H,3-4H2/t5-,6+,9-,10-,11+,12+,17+,18-/m1/s1. The van der Waals surface area contributed by atoms with E-state index in [1.165, 1.54) is 0 Å². The average Bonchev–Trinajstić information content (AvgIpc) is 2.50. The molecular weight excluding hydrogens is 292 g/mol. The number of halogens is 4. The van der Waals surface area contributed by atoms with E-state index < -0.39 is 23.3 Å². The first-order valence-electron chi connectivity index (χ1n) is 8.09. The Morgan fingerprint density at radius 3 is 1.50 bits per heavy atom. The highest BCUT2D eigenvalue weighted by molar-refractivity contribution is 5.63. The summed E-state index contributed by atoms with van der Waals surface area (Å²) in [4.78, 5) is 0. The molecule has 4 fully saturated rings. The van der Waals surface area contributed by atoms with Crippen LogP contribution in [0.5, 0.6) is 0 Å². The maximum absolute atomic E-state index is 14.5. The van der Waals surface area contributed by atoms with Crippen LogP contribution >= 0.6 is 0 Å². The minimum absolute atomic E-state index is 0.0288. The Morgan fingerprint density at radius 2 is 1.09 bits per heavy atom. The summed E-state index contributed by atoms with van der Waals surface area (Å²) in [5.41, 5.74) is 0.452. The highest BCUT2D eigenvalue weighted by Crippen LogP contribution is 3.06. The van der Waals surface area contributed by atoms with Crippen LogP contribution < -0.4 is 0 Å². The number of allylic oxidation sites excluding steroid dienone is 2. The van der Waals surface area contributed by atoms with E-state index in [0.29, 0.717) is 23.7 Å². The topological polar surface area (TPSA) is 0 Å². The number of benzene rings is 1. The highest BCUT2D eigenvalue weighted by atomic mass is 19.2. The summed E-state index contributed by atoms with van der Waals surface area (Å²) in [6, 6.07) is 0. The Kier molecular flexibility index (Phi) is 1.37. The molecule has 2 bridgehead atoms. The van der Waals surface area contributed by atoms with Crippen molar-refractivity contribution in [3.8, 4) is 0 Å². The molecule has 0 aromatic heterocycles. The highest BCUT2D eigenvalue weighted by Gasteiger charge is 3.01. The summed E-state index contributed by atoms with van der Waals surface area (Å²) in [5, 5.41) is 0. The third kappa shape index (κ3) is 0.625. The van der Waals surface area contributed by atoms with E-state index in [2.05, 4.69) is 12.2 Å². The molecule has 0 nitrogen and oxygen atoms in total. The van der Waals surface area contributed by atoms with Gasteiger partial charge in [-0.25, -0.2) is 17.6 Å². The van der Waals surface area contributed by atoms with E-state index in [-0.39, 0.29) is 33.8 Å². The maximum atomic E-state index is 14.5. The van der Waals surface area contributed by atoms with Gasteiger partial charge in [-0.3, -0.25) is 0 Å². The van der Waals surface area contributed by atoms with Gasteiger partial charge in [0.25, 0.3) is 0 Å². The van der Waals surface area contributed by atoms with Gasteiger partial charge in [0.1, 0.15) is 0 Å². The lowest BCUT2D eigenvalue weighted by molar-refractivity contribution is -0.516. The Labute approximate surface area is 124 Å². The number of hydrogen-bond acceptors (Lipinski definition) is 0. The third-order valence-electron chi connectivity index (χ3n) is 8.64. The van der Waals surface area contributed by atoms with Crippen molar-refractivity contribution in [2.45, 2.75) is 24.7 Å². The molecule has 0 radical (unpaired) electrons. The molecule has 7 aliphatic rings. The molecule has 0 unspecified atom stereocenters. The molecule has 1 aromatic rings. The Morgan fingerprint density at radius 1 is 0.682 bits per heavy atom. The fourth-order valence-corrected chi connectivity index (χ4v) is 8.60. The lowest BCUT2D eigenvalue weighted by atomic mass is 9.00. The molecule has 4 saturated carbocycles. The summed E-state index contributed by atoms with van der Waals surface area (Å²) in [5.74, 6) is -3.58. The van der Waals surface area contributed by atoms with Crippen molar-refractivity contribution >= 4 is 0 Å². The van der Waals surface area contributed by atoms with Crippen molar-refractivity contribution in [2.24, 2.45) is 34.5 Å². The van der Waals surface area contributed by atoms with Crippen LogP contribution in [-0.4, -0.2) is 0 Å². The van der Waals surface area contributed by atoms with Crippen LogP contribution in [0.3, 0.4) is 0 Å². The molecule has 112 valence electrons. The molecule has 0 N–H and O–H groups in total. The smallest absolute Gasteiger partial charge is 0.197 e. The van der Waals surface area contributed by atoms with Crippen molar-refractivity contribution in [2.75, 3.05) is 0 Å². The van der Waals surface area contributed by atoms with Crippen molar-refractivity contribution in [1.82, 2.24) is 0 Å². The van der Waals surface area contributed by atoms with Crippen LogP contribution in [0.25, 0.3) is 0 Å². The SMILES string of the molecule is Fc1c(F)c(F)c2c(c1F)[C@H]1[C@@H]3[C@H]4[C@H]5[C@H]3[C@@]13CC=CC[C@]53[C@@H]24. The van der Waals surface area contributed by atoms with Crippen LogP contribution in [0.2, 0.25) is 0 Å². The Bertz CT molecular complexity index is 788. The molecule has 8 rings (SSSR count). The molecule has 1 aromatic carbocycles. The summed E-state index contributed by atoms with van der Waals surface area (Å²) in [7, 11) is 0. The monoisotopic (exact) mass is 304 g/mol. The van der Waals surface area contributed by atoms with Crippen molar-refractivity contribution in [3.05, 3.63) is 46.5 Å². The second-order valence-electron chi connectivity index (χ2n) is 8.21. The molecule has 0 saturated heterocycles. The Balaban J connectivity index is 1.62. The van der Waals surface area contributed by atoms with Crippen molar-refractivity contribution < 1.29 is 17.6 Å². The second-order valence-corrected chi connectivity index (χ2v) is 8.21. The lowest BCUT2D eigenvalue weighted by Crippen LogP contribution is -2.98. The fraction of sp³-hybridized carbons (Fsp3) is 0.556. The van der Waals surface area contributed by atoms with E-state index in [1.54, 1.807) is 0 Å². The number of hydrogen-bond donors (Lipinski definition) is 0. The first kappa shape index (κ1) is 11.3. The average molecular weight is 304 g/mol. The van der Waals surface area contributed by atoms with Gasteiger partial charge in [-0.15, -0.1) is 0 Å². The van der Waals surface area contributed by atoms with E-state index in [0.717, 1.165) is 12.8 Å². The third-order valence-corrected chi connectivity index (χ3v) is 8.64. The van der Waals surface area contributed by atoms with Crippen LogP contribution in [0.1, 0.15) is 35.8 Å². The second kappa shape index (κ2) is 2.67. The predicted molar refractivity (Wildman–Crippen MR) is 69.0 cm³/mol. The summed E-state index contributed by atoms with van der Waals surface area (Å²) in [6.45, 7) is 0. The van der Waals surface area contributed by atoms with Gasteiger partial charge in [-0.2, -0.15) is 0 Å². The Hall–Kier alpha value is -1.32. The van der Waals surface area contributed by atoms with Crippen LogP contribution in [0, 0.1) is 57.8 Å². The zero-order chi connectivity index (χ0) is 14.8. The van der Waals surface area contributed by atoms with E-state index >= 15 is 0 Å². The molecule has 0 amide bonds. The van der Waals surface area contributed by atoms with Crippen LogP contribution in [0.15, 0.2) is 12.2 Å². The molecule has 4 heteroatoms. The minimum atomic E-state index is -1.62. The predicted octanol–water partition coefficient (Wildman–Crippen LogP) is 4.27. The zero-order valence-corrected chi connectivity index (χ0v) is 11.5. The van der Waals surface area contributed by atoms with Crippen LogP contribution in [-0.2, 0) is 0 Å². The maximum Gasteiger partial charge on any atom is 0.197 e. The van der Waals surface area contributed by atoms with Gasteiger partial charge >= 0.3 is 0 Å². The largest absolute Gasteiger partial charge is 0.203 e. The molecule has 2 spiro atoms. The van der Waals surface area contributed by atoms with E-state index in [9.17, 15) is 17.6 Å². The van der Waals surface area contributed by atoms with Gasteiger partial charge in [-0.05, 0) is 59.2 Å². The van der Waals surface area contributed by atoms with E-state index in [4.69, 9.17) is 0 Å².